The zero-order chi connectivity index (χ0) is 15.5. The summed E-state index contributed by atoms with van der Waals surface area (Å²) < 4.78 is 4.93. The van der Waals surface area contributed by atoms with Crippen molar-refractivity contribution in [3.05, 3.63) is 40.2 Å². The van der Waals surface area contributed by atoms with Crippen LogP contribution in [0.1, 0.15) is 36.5 Å². The van der Waals surface area contributed by atoms with Crippen molar-refractivity contribution in [2.75, 3.05) is 24.6 Å². The molecule has 0 atom stereocenters. The molecule has 0 aliphatic carbocycles. The lowest BCUT2D eigenvalue weighted by Gasteiger charge is -2.28. The highest BCUT2D eigenvalue weighted by molar-refractivity contribution is 5.94. The van der Waals surface area contributed by atoms with Crippen LogP contribution >= 0.6 is 0 Å². The summed E-state index contributed by atoms with van der Waals surface area (Å²) in [5, 5.41) is 0.536. The first-order valence-corrected chi connectivity index (χ1v) is 7.78. The Kier molecular flexibility index (Phi) is 4.13. The van der Waals surface area contributed by atoms with E-state index in [9.17, 15) is 9.59 Å². The maximum Gasteiger partial charge on any atom is 0.343 e. The lowest BCUT2D eigenvalue weighted by atomic mass is 10.1. The number of hydrogen-bond acceptors (Lipinski definition) is 4. The molecule has 0 bridgehead atoms. The molecule has 1 aliphatic heterocycles. The van der Waals surface area contributed by atoms with Crippen molar-refractivity contribution in [1.82, 2.24) is 4.98 Å². The van der Waals surface area contributed by atoms with Crippen molar-refractivity contribution in [2.45, 2.75) is 26.2 Å². The molecule has 2 aromatic rings. The molecule has 1 aromatic heterocycles. The molecule has 1 fully saturated rings. The monoisotopic (exact) mass is 300 g/mol. The molecule has 0 spiro atoms. The van der Waals surface area contributed by atoms with Gasteiger partial charge in [-0.2, -0.15) is 0 Å². The van der Waals surface area contributed by atoms with Crippen LogP contribution in [0.4, 0.5) is 5.69 Å². The Morgan fingerprint density at radius 1 is 1.27 bits per heavy atom. The van der Waals surface area contributed by atoms with Crippen LogP contribution in [-0.4, -0.2) is 30.6 Å². The average Bonchev–Trinajstić information content (AvgIpc) is 2.56. The number of carbonyl (C=O) groups excluding carboxylic acids is 1. The second-order valence-corrected chi connectivity index (χ2v) is 5.53. The highest BCUT2D eigenvalue weighted by Crippen LogP contribution is 2.22. The molecule has 1 N–H and O–H groups in total. The van der Waals surface area contributed by atoms with E-state index in [4.69, 9.17) is 4.74 Å². The van der Waals surface area contributed by atoms with E-state index >= 15 is 0 Å². The Morgan fingerprint density at radius 3 is 2.77 bits per heavy atom. The van der Waals surface area contributed by atoms with Crippen LogP contribution in [0.25, 0.3) is 10.9 Å². The predicted molar refractivity (Wildman–Crippen MR) is 86.6 cm³/mol. The topological polar surface area (TPSA) is 62.4 Å². The van der Waals surface area contributed by atoms with Gasteiger partial charge in [0.15, 0.2) is 0 Å². The van der Waals surface area contributed by atoms with Gasteiger partial charge < -0.3 is 14.6 Å². The van der Waals surface area contributed by atoms with Gasteiger partial charge in [0.25, 0.3) is 0 Å². The third kappa shape index (κ3) is 2.71. The van der Waals surface area contributed by atoms with Crippen molar-refractivity contribution in [2.24, 2.45) is 0 Å². The number of H-pyrrole nitrogens is 1. The lowest BCUT2D eigenvalue weighted by Crippen LogP contribution is -2.29. The number of nitrogens with zero attached hydrogens (tertiary/aromatic N) is 1. The maximum atomic E-state index is 12.5. The first kappa shape index (κ1) is 14.6. The number of rotatable bonds is 3. The fraction of sp³-hybridized carbons (Fsp3) is 0.412. The highest BCUT2D eigenvalue weighted by atomic mass is 16.5. The van der Waals surface area contributed by atoms with Crippen LogP contribution in [0.5, 0.6) is 0 Å². The Labute approximate surface area is 128 Å². The Morgan fingerprint density at radius 2 is 2.05 bits per heavy atom. The largest absolute Gasteiger partial charge is 0.462 e. The molecular formula is C17H20N2O3. The molecular weight excluding hydrogens is 280 g/mol. The number of aromatic amines is 1. The Balaban J connectivity index is 2.04. The van der Waals surface area contributed by atoms with Crippen LogP contribution in [0.2, 0.25) is 0 Å². The summed E-state index contributed by atoms with van der Waals surface area (Å²) in [6.07, 6.45) is 5.05. The molecule has 2 heterocycles. The zero-order valence-electron chi connectivity index (χ0n) is 12.7. The van der Waals surface area contributed by atoms with Crippen molar-refractivity contribution < 1.29 is 9.53 Å². The van der Waals surface area contributed by atoms with Crippen molar-refractivity contribution in [3.63, 3.8) is 0 Å². The third-order valence-corrected chi connectivity index (χ3v) is 4.08. The minimum Gasteiger partial charge on any atom is -0.462 e. The van der Waals surface area contributed by atoms with Crippen molar-refractivity contribution in [1.29, 1.82) is 0 Å². The first-order chi connectivity index (χ1) is 10.7. The number of piperidine rings is 1. The molecule has 22 heavy (non-hydrogen) atoms. The molecule has 0 unspecified atom stereocenters. The molecule has 1 saturated heterocycles. The van der Waals surface area contributed by atoms with Gasteiger partial charge in [-0.25, -0.2) is 4.79 Å². The first-order valence-electron chi connectivity index (χ1n) is 7.78. The van der Waals surface area contributed by atoms with Crippen LogP contribution in [0, 0.1) is 0 Å². The molecule has 5 nitrogen and oxygen atoms in total. The molecule has 116 valence electrons. The Hall–Kier alpha value is -2.30. The number of benzene rings is 1. The van der Waals surface area contributed by atoms with E-state index in [1.807, 2.05) is 18.2 Å². The summed E-state index contributed by atoms with van der Waals surface area (Å²) in [6, 6.07) is 5.80. The van der Waals surface area contributed by atoms with E-state index < -0.39 is 5.97 Å². The number of hydrogen-bond donors (Lipinski definition) is 1. The molecule has 1 aromatic carbocycles. The van der Waals surface area contributed by atoms with Crippen LogP contribution in [-0.2, 0) is 4.74 Å². The number of aromatic nitrogens is 1. The second kappa shape index (κ2) is 6.22. The molecule has 5 heteroatoms. The van der Waals surface area contributed by atoms with E-state index in [-0.39, 0.29) is 17.6 Å². The van der Waals surface area contributed by atoms with Crippen LogP contribution < -0.4 is 10.3 Å². The van der Waals surface area contributed by atoms with Gasteiger partial charge in [0.1, 0.15) is 5.56 Å². The third-order valence-electron chi connectivity index (χ3n) is 4.08. The number of pyridine rings is 1. The van der Waals surface area contributed by atoms with E-state index in [2.05, 4.69) is 9.88 Å². The van der Waals surface area contributed by atoms with Gasteiger partial charge in [-0.1, -0.05) is 0 Å². The molecule has 0 amide bonds. The number of anilines is 1. The highest BCUT2D eigenvalue weighted by Gasteiger charge is 2.16. The van der Waals surface area contributed by atoms with Crippen molar-refractivity contribution >= 4 is 22.6 Å². The second-order valence-electron chi connectivity index (χ2n) is 5.53. The van der Waals surface area contributed by atoms with Gasteiger partial charge in [0.05, 0.1) is 6.61 Å². The smallest absolute Gasteiger partial charge is 0.343 e. The minimum atomic E-state index is -0.575. The summed E-state index contributed by atoms with van der Waals surface area (Å²) in [5.74, 6) is -0.575. The molecule has 3 rings (SSSR count). The lowest BCUT2D eigenvalue weighted by molar-refractivity contribution is 0.0524. The van der Waals surface area contributed by atoms with Crippen molar-refractivity contribution in [3.8, 4) is 0 Å². The number of carbonyl (C=O) groups is 1. The summed E-state index contributed by atoms with van der Waals surface area (Å²) in [7, 11) is 0. The number of ether oxygens (including phenoxy) is 1. The summed E-state index contributed by atoms with van der Waals surface area (Å²) in [5.41, 5.74) is 1.56. The van der Waals surface area contributed by atoms with Gasteiger partial charge >= 0.3 is 5.97 Å². The summed E-state index contributed by atoms with van der Waals surface area (Å²) in [4.78, 5) is 29.7. The molecule has 0 saturated carbocycles. The van der Waals surface area contributed by atoms with Gasteiger partial charge in [-0.15, -0.1) is 0 Å². The average molecular weight is 300 g/mol. The van der Waals surface area contributed by atoms with E-state index in [0.717, 1.165) is 24.3 Å². The fourth-order valence-corrected chi connectivity index (χ4v) is 2.92. The standard InChI is InChI=1S/C17H20N2O3/c1-2-22-17(21)14-11-18-15-7-6-12(10-13(15)16(14)20)19-8-4-3-5-9-19/h6-7,10-11H,2-5,8-9H2,1H3,(H,18,20). The van der Waals surface area contributed by atoms with Crippen LogP contribution in [0.3, 0.4) is 0 Å². The SMILES string of the molecule is CCOC(=O)c1c[nH]c2ccc(N3CCCCC3)cc2c1=O. The molecule has 0 radical (unpaired) electrons. The minimum absolute atomic E-state index is 0.0603. The van der Waals surface area contributed by atoms with E-state index in [1.165, 1.54) is 25.5 Å². The van der Waals surface area contributed by atoms with E-state index in [1.54, 1.807) is 6.92 Å². The number of fused-ring (bicyclic) bond motifs is 1. The number of esters is 1. The summed E-state index contributed by atoms with van der Waals surface area (Å²) in [6.45, 7) is 4.01. The van der Waals surface area contributed by atoms with Gasteiger partial charge in [0.2, 0.25) is 5.43 Å². The van der Waals surface area contributed by atoms with Gasteiger partial charge in [-0.05, 0) is 44.4 Å². The summed E-state index contributed by atoms with van der Waals surface area (Å²) >= 11 is 0. The Bertz CT molecular complexity index is 745. The maximum absolute atomic E-state index is 12.5. The molecule has 1 aliphatic rings. The quantitative estimate of drug-likeness (QED) is 0.885. The van der Waals surface area contributed by atoms with E-state index in [0.29, 0.717) is 5.39 Å². The zero-order valence-corrected chi connectivity index (χ0v) is 12.7. The van der Waals surface area contributed by atoms with Gasteiger partial charge in [0, 0.05) is 35.9 Å². The fourth-order valence-electron chi connectivity index (χ4n) is 2.92. The van der Waals surface area contributed by atoms with Gasteiger partial charge in [-0.3, -0.25) is 4.79 Å². The number of nitrogens with one attached hydrogen (secondary N) is 1. The normalized spacial score (nSPS) is 15.0. The van der Waals surface area contributed by atoms with Crippen LogP contribution in [0.15, 0.2) is 29.2 Å². The predicted octanol–water partition coefficient (Wildman–Crippen LogP) is 2.70.